The highest BCUT2D eigenvalue weighted by atomic mass is 32.1. The summed E-state index contributed by atoms with van der Waals surface area (Å²) in [4.78, 5) is 20.1. The molecule has 8 heteroatoms. The molecule has 0 fully saturated rings. The lowest BCUT2D eigenvalue weighted by Crippen LogP contribution is -2.07. The molecule has 0 aliphatic rings. The maximum absolute atomic E-state index is 12.1. The maximum atomic E-state index is 12.1. The lowest BCUT2D eigenvalue weighted by molar-refractivity contribution is 1.07. The molecule has 310 valence electrons. The average molecular weight is 889 g/mol. The number of hydrogen-bond donors (Lipinski definition) is 0. The van der Waals surface area contributed by atoms with Crippen molar-refractivity contribution in [3.05, 3.63) is 211 Å². The molecule has 13 aromatic rings. The lowest BCUT2D eigenvalue weighted by atomic mass is 9.86. The van der Waals surface area contributed by atoms with Crippen LogP contribution in [0.1, 0.15) is 5.56 Å². The first-order chi connectivity index (χ1) is 33.2. The van der Waals surface area contributed by atoms with E-state index >= 15 is 0 Å². The summed E-state index contributed by atoms with van der Waals surface area (Å²) in [6.07, 6.45) is 0. The Morgan fingerprint density at radius 3 is 1.28 bits per heavy atom. The van der Waals surface area contributed by atoms with Gasteiger partial charge >= 0.3 is 0 Å². The summed E-state index contributed by atoms with van der Waals surface area (Å²) in [5.74, 6) is 1.23. The van der Waals surface area contributed by atoms with Gasteiger partial charge in [0.1, 0.15) is 6.07 Å². The predicted octanol–water partition coefficient (Wildman–Crippen LogP) is 16.5. The number of benzene rings is 9. The van der Waals surface area contributed by atoms with Crippen LogP contribution in [0.5, 0.6) is 0 Å². The molecule has 0 saturated carbocycles. The minimum atomic E-state index is 0.304. The van der Waals surface area contributed by atoms with E-state index in [2.05, 4.69) is 88.3 Å². The van der Waals surface area contributed by atoms with Gasteiger partial charge in [-0.2, -0.15) is 5.26 Å². The van der Waals surface area contributed by atoms with Crippen LogP contribution in [0.3, 0.4) is 0 Å². The molecule has 4 aromatic heterocycles. The SMILES string of the molecule is [C-]#[N+]c1c(-c2nc(-c3ccccc3)nc(-c3ccccc3)n2)c(-c2ccccc2)c(C#N)c(-n2c3c(ccc4c5ccccc5sc43)c3ccc4c5ccccc5sc4c32)c1-c1ccccc1. The van der Waals surface area contributed by atoms with E-state index in [1.54, 1.807) is 22.7 Å². The Bertz CT molecular complexity index is 4030. The van der Waals surface area contributed by atoms with E-state index < -0.39 is 0 Å². The quantitative estimate of drug-likeness (QED) is 0.156. The Morgan fingerprint density at radius 1 is 0.418 bits per heavy atom. The summed E-state index contributed by atoms with van der Waals surface area (Å²) in [6, 6.07) is 68.6. The van der Waals surface area contributed by atoms with Crippen molar-refractivity contribution in [1.82, 2.24) is 19.5 Å². The predicted molar refractivity (Wildman–Crippen MR) is 278 cm³/mol. The highest BCUT2D eigenvalue weighted by Crippen LogP contribution is 2.54. The molecule has 9 aromatic carbocycles. The van der Waals surface area contributed by atoms with Gasteiger partial charge in [-0.15, -0.1) is 22.7 Å². The molecule has 0 spiro atoms. The van der Waals surface area contributed by atoms with Crippen molar-refractivity contribution in [3.8, 4) is 68.2 Å². The van der Waals surface area contributed by atoms with Crippen LogP contribution < -0.4 is 0 Å². The topological polar surface area (TPSA) is 71.8 Å². The Morgan fingerprint density at radius 2 is 0.821 bits per heavy atom. The molecule has 0 amide bonds. The van der Waals surface area contributed by atoms with E-state index in [1.165, 1.54) is 20.2 Å². The first-order valence-electron chi connectivity index (χ1n) is 21.9. The average Bonchev–Trinajstić information content (AvgIpc) is 4.08. The van der Waals surface area contributed by atoms with Gasteiger partial charge in [0, 0.05) is 69.5 Å². The standard InChI is InChI=1S/C59H32N6S2/c1-61-51-49(36-20-8-3-9-21-36)52(45(34-60)48(35-18-6-2-7-19-35)50(51)59-63-57(37-22-10-4-11-23-37)62-58(64-59)38-24-12-5-13-25-38)65-53-41(30-32-43-39-26-14-16-28-46(39)66-55(43)53)42-31-33-44-40-27-15-17-29-47(40)67-56(44)54(42)65/h2-33H. The van der Waals surface area contributed by atoms with Gasteiger partial charge in [0.15, 0.2) is 17.5 Å². The third-order valence-corrected chi connectivity index (χ3v) is 15.1. The van der Waals surface area contributed by atoms with Crippen molar-refractivity contribution in [3.63, 3.8) is 0 Å². The molecule has 0 atom stereocenters. The molecule has 0 bridgehead atoms. The Labute approximate surface area is 392 Å². The third kappa shape index (κ3) is 5.95. The van der Waals surface area contributed by atoms with Gasteiger partial charge in [-0.3, -0.25) is 0 Å². The Balaban J connectivity index is 1.28. The zero-order chi connectivity index (χ0) is 44.6. The maximum Gasteiger partial charge on any atom is 0.208 e. The molecule has 4 heterocycles. The summed E-state index contributed by atoms with van der Waals surface area (Å²) in [7, 11) is 0. The second kappa shape index (κ2) is 15.4. The summed E-state index contributed by atoms with van der Waals surface area (Å²) in [5, 5.41) is 18.9. The number of rotatable bonds is 6. The summed E-state index contributed by atoms with van der Waals surface area (Å²) >= 11 is 3.53. The zero-order valence-electron chi connectivity index (χ0n) is 35.5. The van der Waals surface area contributed by atoms with E-state index in [1.807, 2.05) is 121 Å². The van der Waals surface area contributed by atoms with Crippen LogP contribution in [0.4, 0.5) is 5.69 Å². The number of fused-ring (bicyclic) bond motifs is 11. The van der Waals surface area contributed by atoms with Gasteiger partial charge < -0.3 is 4.57 Å². The van der Waals surface area contributed by atoms with Crippen LogP contribution in [0.25, 0.3) is 129 Å². The van der Waals surface area contributed by atoms with Gasteiger partial charge in [-0.05, 0) is 23.3 Å². The summed E-state index contributed by atoms with van der Waals surface area (Å²) in [6.45, 7) is 9.37. The fourth-order valence-electron chi connectivity index (χ4n) is 9.84. The highest BCUT2D eigenvalue weighted by Gasteiger charge is 2.33. The van der Waals surface area contributed by atoms with Crippen molar-refractivity contribution in [2.45, 2.75) is 0 Å². The summed E-state index contributed by atoms with van der Waals surface area (Å²) in [5.41, 5.74) is 8.21. The molecule has 0 radical (unpaired) electrons. The molecule has 6 nitrogen and oxygen atoms in total. The largest absolute Gasteiger partial charge is 0.306 e. The van der Waals surface area contributed by atoms with Gasteiger partial charge in [-0.1, -0.05) is 182 Å². The van der Waals surface area contributed by atoms with E-state index in [-0.39, 0.29) is 0 Å². The molecule has 0 aliphatic carbocycles. The molecule has 0 N–H and O–H groups in total. The van der Waals surface area contributed by atoms with Crippen LogP contribution in [0.2, 0.25) is 0 Å². The second-order valence-corrected chi connectivity index (χ2v) is 18.5. The molecule has 0 aliphatic heterocycles. The van der Waals surface area contributed by atoms with E-state index in [9.17, 15) is 11.8 Å². The van der Waals surface area contributed by atoms with E-state index in [0.717, 1.165) is 64.2 Å². The van der Waals surface area contributed by atoms with E-state index in [4.69, 9.17) is 15.0 Å². The first-order valence-corrected chi connectivity index (χ1v) is 23.5. The minimum absolute atomic E-state index is 0.304. The van der Waals surface area contributed by atoms with Gasteiger partial charge in [0.05, 0.1) is 38.3 Å². The number of hydrogen-bond acceptors (Lipinski definition) is 6. The van der Waals surface area contributed by atoms with Crippen molar-refractivity contribution in [1.29, 1.82) is 5.26 Å². The zero-order valence-corrected chi connectivity index (χ0v) is 37.1. The van der Waals surface area contributed by atoms with Gasteiger partial charge in [0.2, 0.25) is 5.69 Å². The molecule has 13 rings (SSSR count). The van der Waals surface area contributed by atoms with E-state index in [0.29, 0.717) is 51.1 Å². The van der Waals surface area contributed by atoms with Crippen LogP contribution >= 0.6 is 22.7 Å². The Kier molecular flexibility index (Phi) is 8.90. The fraction of sp³-hybridized carbons (Fsp3) is 0. The molecular formula is C59H32N6S2. The van der Waals surface area contributed by atoms with Gasteiger partial charge in [-0.25, -0.2) is 19.8 Å². The van der Waals surface area contributed by atoms with Crippen LogP contribution in [0, 0.1) is 17.9 Å². The van der Waals surface area contributed by atoms with Crippen LogP contribution in [0.15, 0.2) is 194 Å². The van der Waals surface area contributed by atoms with Crippen molar-refractivity contribution >= 4 is 90.5 Å². The molecular weight excluding hydrogens is 857 g/mol. The second-order valence-electron chi connectivity index (χ2n) is 16.4. The number of thiophene rings is 2. The monoisotopic (exact) mass is 888 g/mol. The summed E-state index contributed by atoms with van der Waals surface area (Å²) < 4.78 is 6.92. The lowest BCUT2D eigenvalue weighted by Gasteiger charge is -2.24. The molecule has 0 saturated heterocycles. The number of aromatic nitrogens is 4. The fourth-order valence-corrected chi connectivity index (χ4v) is 12.3. The number of nitrogens with zero attached hydrogens (tertiary/aromatic N) is 6. The normalized spacial score (nSPS) is 11.6. The first kappa shape index (κ1) is 38.6. The van der Waals surface area contributed by atoms with Gasteiger partial charge in [0.25, 0.3) is 0 Å². The smallest absolute Gasteiger partial charge is 0.208 e. The van der Waals surface area contributed by atoms with Crippen LogP contribution in [-0.4, -0.2) is 19.5 Å². The minimum Gasteiger partial charge on any atom is -0.306 e. The highest BCUT2D eigenvalue weighted by molar-refractivity contribution is 7.27. The molecule has 0 unspecified atom stereocenters. The third-order valence-electron chi connectivity index (χ3n) is 12.7. The molecule has 67 heavy (non-hydrogen) atoms. The number of nitriles is 1. The van der Waals surface area contributed by atoms with Crippen LogP contribution in [-0.2, 0) is 0 Å². The van der Waals surface area contributed by atoms with Crippen molar-refractivity contribution in [2.24, 2.45) is 0 Å². The van der Waals surface area contributed by atoms with Crippen molar-refractivity contribution in [2.75, 3.05) is 0 Å². The van der Waals surface area contributed by atoms with Crippen molar-refractivity contribution < 1.29 is 0 Å². The Hall–Kier alpha value is -8.79.